The summed E-state index contributed by atoms with van der Waals surface area (Å²) >= 11 is 0. The van der Waals surface area contributed by atoms with Crippen LogP contribution in [-0.4, -0.2) is 24.2 Å². The normalized spacial score (nSPS) is 11.9. The lowest BCUT2D eigenvalue weighted by molar-refractivity contribution is 0.477. The van der Waals surface area contributed by atoms with Gasteiger partial charge in [0.2, 0.25) is 0 Å². The number of phenols is 1. The largest absolute Gasteiger partial charge is 0.507 e. The molecular weight excluding hydrogens is 625 g/mol. The van der Waals surface area contributed by atoms with Crippen molar-refractivity contribution in [3.05, 3.63) is 163 Å². The highest BCUT2D eigenvalue weighted by atomic mass is 16.3. The van der Waals surface area contributed by atoms with Gasteiger partial charge >= 0.3 is 0 Å². The van der Waals surface area contributed by atoms with Gasteiger partial charge in [-0.05, 0) is 76.7 Å². The van der Waals surface area contributed by atoms with Gasteiger partial charge in [0.15, 0.2) is 0 Å². The summed E-state index contributed by atoms with van der Waals surface area (Å²) in [4.78, 5) is 10.1. The van der Waals surface area contributed by atoms with E-state index >= 15 is 0 Å². The third-order valence-corrected chi connectivity index (χ3v) is 9.88. The highest BCUT2D eigenvalue weighted by Crippen LogP contribution is 2.42. The molecule has 3 aromatic heterocycles. The van der Waals surface area contributed by atoms with E-state index in [0.717, 1.165) is 55.8 Å². The molecule has 5 heteroatoms. The van der Waals surface area contributed by atoms with Crippen LogP contribution in [-0.2, 0) is 5.41 Å². The summed E-state index contributed by atoms with van der Waals surface area (Å²) < 4.78 is 4.45. The second kappa shape index (κ2) is 11.9. The molecule has 6 aromatic carbocycles. The molecule has 51 heavy (non-hydrogen) atoms. The van der Waals surface area contributed by atoms with Crippen LogP contribution in [0.4, 0.5) is 0 Å². The number of fused-ring (bicyclic) bond motifs is 4. The van der Waals surface area contributed by atoms with Crippen LogP contribution in [0.3, 0.4) is 0 Å². The van der Waals surface area contributed by atoms with Crippen LogP contribution >= 0.6 is 0 Å². The number of imidazole rings is 1. The summed E-state index contributed by atoms with van der Waals surface area (Å²) in [5.74, 6) is 1.74. The summed E-state index contributed by atoms with van der Waals surface area (Å²) in [6.45, 7) is 6.73. The van der Waals surface area contributed by atoms with E-state index in [0.29, 0.717) is 11.4 Å². The van der Waals surface area contributed by atoms with E-state index in [9.17, 15) is 5.11 Å². The molecule has 0 spiro atoms. The van der Waals surface area contributed by atoms with Crippen molar-refractivity contribution in [3.8, 4) is 50.9 Å². The highest BCUT2D eigenvalue weighted by Gasteiger charge is 2.24. The molecule has 0 atom stereocenters. The molecular formula is C46H36N4O. The topological polar surface area (TPSA) is 55.9 Å². The van der Waals surface area contributed by atoms with E-state index in [1.807, 2.05) is 42.6 Å². The fourth-order valence-electron chi connectivity index (χ4n) is 7.34. The smallest absolute Gasteiger partial charge is 0.149 e. The Hall–Kier alpha value is -6.46. The number of aromatic hydroxyl groups is 1. The molecule has 0 aliphatic rings. The van der Waals surface area contributed by atoms with Gasteiger partial charge in [0.05, 0.1) is 33.3 Å². The predicted octanol–water partition coefficient (Wildman–Crippen LogP) is 11.5. The van der Waals surface area contributed by atoms with Gasteiger partial charge in [0, 0.05) is 28.1 Å². The highest BCUT2D eigenvalue weighted by molar-refractivity contribution is 6.10. The molecule has 0 aliphatic carbocycles. The molecule has 0 unspecified atom stereocenters. The minimum atomic E-state index is -0.0385. The number of aromatic nitrogens is 4. The Morgan fingerprint density at radius 3 is 2.06 bits per heavy atom. The number of hydrogen-bond acceptors (Lipinski definition) is 3. The van der Waals surface area contributed by atoms with Crippen LogP contribution in [0.1, 0.15) is 26.3 Å². The van der Waals surface area contributed by atoms with E-state index in [1.54, 1.807) is 6.07 Å². The van der Waals surface area contributed by atoms with Crippen molar-refractivity contribution in [2.75, 3.05) is 0 Å². The number of rotatable bonds is 5. The maximum atomic E-state index is 11.2. The molecule has 9 rings (SSSR count). The van der Waals surface area contributed by atoms with Gasteiger partial charge in [-0.25, -0.2) is 9.97 Å². The lowest BCUT2D eigenvalue weighted by atomic mass is 9.85. The quantitative estimate of drug-likeness (QED) is 0.200. The zero-order valence-electron chi connectivity index (χ0n) is 28.7. The molecule has 0 aliphatic heterocycles. The fourth-order valence-corrected chi connectivity index (χ4v) is 7.34. The monoisotopic (exact) mass is 660 g/mol. The van der Waals surface area contributed by atoms with Crippen molar-refractivity contribution < 1.29 is 5.11 Å². The summed E-state index contributed by atoms with van der Waals surface area (Å²) in [6, 6.07) is 52.3. The van der Waals surface area contributed by atoms with Gasteiger partial charge in [-0.3, -0.25) is 9.13 Å². The lowest BCUT2D eigenvalue weighted by Gasteiger charge is -2.23. The molecule has 1 N–H and O–H groups in total. The Morgan fingerprint density at radius 2 is 1.25 bits per heavy atom. The molecule has 0 radical (unpaired) electrons. The predicted molar refractivity (Wildman–Crippen MR) is 210 cm³/mol. The van der Waals surface area contributed by atoms with E-state index in [-0.39, 0.29) is 11.2 Å². The van der Waals surface area contributed by atoms with Crippen molar-refractivity contribution in [1.29, 1.82) is 0 Å². The van der Waals surface area contributed by atoms with Crippen molar-refractivity contribution in [2.45, 2.75) is 26.2 Å². The van der Waals surface area contributed by atoms with Crippen LogP contribution in [0.5, 0.6) is 5.75 Å². The summed E-state index contributed by atoms with van der Waals surface area (Å²) in [5, 5.41) is 13.6. The van der Waals surface area contributed by atoms with E-state index in [4.69, 9.17) is 9.97 Å². The molecule has 0 saturated carbocycles. The molecule has 3 heterocycles. The van der Waals surface area contributed by atoms with E-state index in [1.165, 1.54) is 16.3 Å². The fraction of sp³-hybridized carbons (Fsp3) is 0.0870. The Bertz CT molecular complexity index is 2730. The molecule has 9 aromatic rings. The zero-order valence-corrected chi connectivity index (χ0v) is 28.7. The number of para-hydroxylation sites is 3. The van der Waals surface area contributed by atoms with Gasteiger partial charge in [0.25, 0.3) is 0 Å². The number of hydrogen-bond donors (Lipinski definition) is 1. The van der Waals surface area contributed by atoms with Crippen LogP contribution in [0.15, 0.2) is 158 Å². The first kappa shape index (κ1) is 30.6. The molecule has 0 amide bonds. The van der Waals surface area contributed by atoms with Crippen molar-refractivity contribution in [2.24, 2.45) is 0 Å². The molecule has 5 nitrogen and oxygen atoms in total. The minimum absolute atomic E-state index is 0.0385. The summed E-state index contributed by atoms with van der Waals surface area (Å²) in [5.41, 5.74) is 11.2. The van der Waals surface area contributed by atoms with E-state index < -0.39 is 0 Å². The van der Waals surface area contributed by atoms with Crippen molar-refractivity contribution >= 4 is 32.8 Å². The van der Waals surface area contributed by atoms with E-state index in [2.05, 4.69) is 139 Å². The Balaban J connectivity index is 1.34. The number of nitrogens with zero attached hydrogens (tertiary/aromatic N) is 4. The first-order valence-electron chi connectivity index (χ1n) is 17.3. The molecule has 246 valence electrons. The van der Waals surface area contributed by atoms with Crippen LogP contribution < -0.4 is 0 Å². The van der Waals surface area contributed by atoms with Crippen LogP contribution in [0.25, 0.3) is 78.0 Å². The van der Waals surface area contributed by atoms with Crippen molar-refractivity contribution in [3.63, 3.8) is 0 Å². The molecule has 0 fully saturated rings. The first-order chi connectivity index (χ1) is 24.9. The Morgan fingerprint density at radius 1 is 0.529 bits per heavy atom. The average molecular weight is 661 g/mol. The standard InChI is InChI=1S/C46H36N4O/c1-46(2,3)32-24-26-39(37(29-32)30-14-5-4-6-15-30)50-40-20-13-18-33(44(40)48-45(50)36-17-8-10-21-42(36)51)31-23-25-35-34-16-7-9-19-38(34)49(41(35)28-31)43-22-11-12-27-47-43/h4-29,51H,1-3H3. The van der Waals surface area contributed by atoms with Crippen LogP contribution in [0.2, 0.25) is 0 Å². The lowest BCUT2D eigenvalue weighted by Crippen LogP contribution is -2.12. The molecule has 0 bridgehead atoms. The van der Waals surface area contributed by atoms with Crippen molar-refractivity contribution in [1.82, 2.24) is 19.1 Å². The number of pyridine rings is 1. The first-order valence-corrected chi connectivity index (χ1v) is 17.3. The zero-order chi connectivity index (χ0) is 34.7. The number of phenolic OH excluding ortho intramolecular Hbond substituents is 1. The van der Waals surface area contributed by atoms with Gasteiger partial charge in [-0.1, -0.05) is 118 Å². The summed E-state index contributed by atoms with van der Waals surface area (Å²) in [6.07, 6.45) is 1.84. The molecule has 0 saturated heterocycles. The maximum absolute atomic E-state index is 11.2. The van der Waals surface area contributed by atoms with Gasteiger partial charge in [0.1, 0.15) is 17.4 Å². The van der Waals surface area contributed by atoms with Gasteiger partial charge in [-0.2, -0.15) is 0 Å². The number of benzene rings is 6. The summed E-state index contributed by atoms with van der Waals surface area (Å²) in [7, 11) is 0. The Labute approximate surface area is 296 Å². The maximum Gasteiger partial charge on any atom is 0.149 e. The average Bonchev–Trinajstić information content (AvgIpc) is 3.71. The van der Waals surface area contributed by atoms with Crippen LogP contribution in [0, 0.1) is 0 Å². The third-order valence-electron chi connectivity index (χ3n) is 9.88. The third kappa shape index (κ3) is 5.09. The SMILES string of the molecule is CC(C)(C)c1ccc(-n2c(-c3ccccc3O)nc3c(-c4ccc5c6ccccc6n(-c6ccccn6)c5c4)cccc32)c(-c2ccccc2)c1. The Kier molecular flexibility index (Phi) is 7.11. The second-order valence-corrected chi connectivity index (χ2v) is 14.1. The second-order valence-electron chi connectivity index (χ2n) is 14.1. The van der Waals surface area contributed by atoms with Gasteiger partial charge in [-0.15, -0.1) is 0 Å². The minimum Gasteiger partial charge on any atom is -0.507 e. The van der Waals surface area contributed by atoms with Gasteiger partial charge < -0.3 is 5.11 Å².